The molecular weight excluding hydrogens is 507 g/mol. The lowest BCUT2D eigenvalue weighted by atomic mass is 10.1. The lowest BCUT2D eigenvalue weighted by molar-refractivity contribution is -0.138. The molecule has 0 saturated heterocycles. The maximum Gasteiger partial charge on any atom is 0.474 e. The summed E-state index contributed by atoms with van der Waals surface area (Å²) in [5.74, 6) is -0.754. The normalized spacial score (nSPS) is 11.3. The Morgan fingerprint density at radius 2 is 0.816 bits per heavy atom. The highest BCUT2D eigenvalue weighted by Crippen LogP contribution is 2.50. The molecule has 0 aliphatic carbocycles. The Morgan fingerprint density at radius 1 is 0.526 bits per heavy atom. The van der Waals surface area contributed by atoms with Crippen LogP contribution in [-0.2, 0) is 37.2 Å². The van der Waals surface area contributed by atoms with E-state index in [1.165, 1.54) is 25.0 Å². The fraction of sp³-hybridized carbons (Fsp3) is 0.793. The number of phosphoric ester groups is 1. The first-order valence-electron chi connectivity index (χ1n) is 14.6. The SMILES string of the molecule is C=CC(=O)OCCCCCCCCOP(=O)(OCCCCCCC)OCCCCCCCCOC(=O)C=C. The first kappa shape index (κ1) is 36.5. The van der Waals surface area contributed by atoms with Gasteiger partial charge >= 0.3 is 19.8 Å². The molecule has 0 aliphatic heterocycles. The van der Waals surface area contributed by atoms with Gasteiger partial charge in [0.1, 0.15) is 0 Å². The average Bonchev–Trinajstić information content (AvgIpc) is 2.92. The van der Waals surface area contributed by atoms with E-state index < -0.39 is 7.82 Å². The minimum Gasteiger partial charge on any atom is -0.463 e. The number of esters is 2. The predicted octanol–water partition coefficient (Wildman–Crippen LogP) is 8.25. The smallest absolute Gasteiger partial charge is 0.463 e. The summed E-state index contributed by atoms with van der Waals surface area (Å²) in [6, 6.07) is 0. The van der Waals surface area contributed by atoms with Crippen molar-refractivity contribution >= 4 is 19.8 Å². The highest BCUT2D eigenvalue weighted by Gasteiger charge is 2.26. The predicted molar refractivity (Wildman–Crippen MR) is 152 cm³/mol. The van der Waals surface area contributed by atoms with E-state index in [0.717, 1.165) is 96.3 Å². The second-order valence-electron chi connectivity index (χ2n) is 9.35. The lowest BCUT2D eigenvalue weighted by Gasteiger charge is -2.18. The molecule has 0 heterocycles. The van der Waals surface area contributed by atoms with Crippen molar-refractivity contribution in [3.05, 3.63) is 25.3 Å². The molecule has 0 N–H and O–H groups in total. The number of hydrogen-bond acceptors (Lipinski definition) is 8. The largest absolute Gasteiger partial charge is 0.474 e. The number of unbranched alkanes of at least 4 members (excludes halogenated alkanes) is 14. The second-order valence-corrected chi connectivity index (χ2v) is 11.0. The summed E-state index contributed by atoms with van der Waals surface area (Å²) in [5, 5.41) is 0. The van der Waals surface area contributed by atoms with E-state index in [9.17, 15) is 14.2 Å². The zero-order chi connectivity index (χ0) is 28.2. The van der Waals surface area contributed by atoms with Gasteiger partial charge in [-0.1, -0.05) is 97.1 Å². The minimum atomic E-state index is -3.55. The van der Waals surface area contributed by atoms with E-state index in [0.29, 0.717) is 33.0 Å². The lowest BCUT2D eigenvalue weighted by Crippen LogP contribution is -2.04. The fourth-order valence-electron chi connectivity index (χ4n) is 3.63. The zero-order valence-electron chi connectivity index (χ0n) is 23.8. The molecule has 0 bridgehead atoms. The van der Waals surface area contributed by atoms with Gasteiger partial charge in [-0.3, -0.25) is 13.6 Å². The third kappa shape index (κ3) is 24.8. The van der Waals surface area contributed by atoms with Gasteiger partial charge in [0.15, 0.2) is 0 Å². The number of ether oxygens (including phenoxy) is 2. The number of carbonyl (C=O) groups is 2. The van der Waals surface area contributed by atoms with Gasteiger partial charge in [-0.25, -0.2) is 14.2 Å². The molecule has 0 rings (SSSR count). The third-order valence-electron chi connectivity index (χ3n) is 5.90. The number of carbonyl (C=O) groups excluding carboxylic acids is 2. The number of rotatable bonds is 29. The van der Waals surface area contributed by atoms with Crippen molar-refractivity contribution in [3.8, 4) is 0 Å². The van der Waals surface area contributed by atoms with E-state index in [1.54, 1.807) is 0 Å². The monoisotopic (exact) mass is 560 g/mol. The first-order chi connectivity index (χ1) is 18.5. The quantitative estimate of drug-likeness (QED) is 0.0390. The fourth-order valence-corrected chi connectivity index (χ4v) is 4.91. The van der Waals surface area contributed by atoms with Gasteiger partial charge in [-0.15, -0.1) is 0 Å². The summed E-state index contributed by atoms with van der Waals surface area (Å²) in [6.45, 7) is 10.9. The Bertz CT molecular complexity index is 608. The maximum absolute atomic E-state index is 13.1. The van der Waals surface area contributed by atoms with Crippen molar-refractivity contribution in [2.45, 2.75) is 116 Å². The summed E-state index contributed by atoms with van der Waals surface area (Å²) in [7, 11) is -3.55. The summed E-state index contributed by atoms with van der Waals surface area (Å²) in [5.41, 5.74) is 0. The van der Waals surface area contributed by atoms with E-state index in [-0.39, 0.29) is 11.9 Å². The molecule has 9 heteroatoms. The molecule has 0 radical (unpaired) electrons. The van der Waals surface area contributed by atoms with Gasteiger partial charge in [-0.2, -0.15) is 0 Å². The molecular formula is C29H53O8P. The van der Waals surface area contributed by atoms with Crippen LogP contribution < -0.4 is 0 Å². The Balaban J connectivity index is 4.05. The van der Waals surface area contributed by atoms with E-state index >= 15 is 0 Å². The average molecular weight is 561 g/mol. The van der Waals surface area contributed by atoms with Gasteiger partial charge in [0, 0.05) is 12.2 Å². The molecule has 0 saturated carbocycles. The van der Waals surface area contributed by atoms with Crippen molar-refractivity contribution < 1.29 is 37.2 Å². The van der Waals surface area contributed by atoms with Crippen LogP contribution in [-0.4, -0.2) is 45.0 Å². The molecule has 0 fully saturated rings. The second kappa shape index (κ2) is 27.1. The maximum atomic E-state index is 13.1. The Morgan fingerprint density at radius 3 is 1.13 bits per heavy atom. The molecule has 0 aromatic carbocycles. The Hall–Kier alpha value is -1.47. The molecule has 0 unspecified atom stereocenters. The van der Waals surface area contributed by atoms with Gasteiger partial charge in [-0.05, 0) is 32.1 Å². The molecule has 0 aliphatic rings. The minimum absolute atomic E-state index is 0.348. The van der Waals surface area contributed by atoms with Crippen molar-refractivity contribution in [3.63, 3.8) is 0 Å². The molecule has 0 aromatic heterocycles. The van der Waals surface area contributed by atoms with E-state index in [4.69, 9.17) is 23.0 Å². The molecule has 222 valence electrons. The molecule has 0 amide bonds. The van der Waals surface area contributed by atoms with Crippen LogP contribution in [0.2, 0.25) is 0 Å². The van der Waals surface area contributed by atoms with Crippen LogP contribution in [0.3, 0.4) is 0 Å². The molecule has 0 aromatic rings. The molecule has 0 atom stereocenters. The van der Waals surface area contributed by atoms with Crippen molar-refractivity contribution in [1.29, 1.82) is 0 Å². The van der Waals surface area contributed by atoms with E-state index in [2.05, 4.69) is 20.1 Å². The standard InChI is InChI=1S/C29H53O8P/c1-4-7-8-13-20-25-35-38(32,36-26-21-16-11-9-14-18-23-33-28(30)5-2)37-27-22-17-12-10-15-19-24-34-29(31)6-3/h5-6H,2-4,7-27H2,1H3. The zero-order valence-corrected chi connectivity index (χ0v) is 24.7. The topological polar surface area (TPSA) is 97.4 Å². The third-order valence-corrected chi connectivity index (χ3v) is 7.39. The van der Waals surface area contributed by atoms with Gasteiger partial charge in [0.25, 0.3) is 0 Å². The summed E-state index contributed by atoms with van der Waals surface area (Å²) >= 11 is 0. The molecule has 8 nitrogen and oxygen atoms in total. The van der Waals surface area contributed by atoms with Crippen LogP contribution >= 0.6 is 7.82 Å². The highest BCUT2D eigenvalue weighted by molar-refractivity contribution is 7.48. The van der Waals surface area contributed by atoms with Gasteiger partial charge < -0.3 is 9.47 Å². The van der Waals surface area contributed by atoms with Crippen LogP contribution in [0.15, 0.2) is 25.3 Å². The highest BCUT2D eigenvalue weighted by atomic mass is 31.2. The number of hydrogen-bond donors (Lipinski definition) is 0. The van der Waals surface area contributed by atoms with Crippen LogP contribution in [0.4, 0.5) is 0 Å². The van der Waals surface area contributed by atoms with Crippen LogP contribution in [0.25, 0.3) is 0 Å². The van der Waals surface area contributed by atoms with Crippen molar-refractivity contribution in [1.82, 2.24) is 0 Å². The van der Waals surface area contributed by atoms with Crippen LogP contribution in [0.5, 0.6) is 0 Å². The summed E-state index contributed by atoms with van der Waals surface area (Å²) in [6.07, 6.45) is 19.2. The Kier molecular flexibility index (Phi) is 26.1. The number of phosphoric acid groups is 1. The van der Waals surface area contributed by atoms with Crippen molar-refractivity contribution in [2.24, 2.45) is 0 Å². The van der Waals surface area contributed by atoms with Crippen LogP contribution in [0, 0.1) is 0 Å². The summed E-state index contributed by atoms with van der Waals surface area (Å²) in [4.78, 5) is 22.0. The van der Waals surface area contributed by atoms with E-state index in [1.807, 2.05) is 0 Å². The van der Waals surface area contributed by atoms with Crippen molar-refractivity contribution in [2.75, 3.05) is 33.0 Å². The first-order valence-corrected chi connectivity index (χ1v) is 16.1. The Labute approximate surface area is 231 Å². The summed E-state index contributed by atoms with van der Waals surface area (Å²) < 4.78 is 39.9. The molecule has 0 spiro atoms. The molecule has 38 heavy (non-hydrogen) atoms. The van der Waals surface area contributed by atoms with Gasteiger partial charge in [0.2, 0.25) is 0 Å². The van der Waals surface area contributed by atoms with Crippen LogP contribution in [0.1, 0.15) is 116 Å². The van der Waals surface area contributed by atoms with Gasteiger partial charge in [0.05, 0.1) is 33.0 Å².